The van der Waals surface area contributed by atoms with Crippen LogP contribution in [0.3, 0.4) is 0 Å². The zero-order valence-corrected chi connectivity index (χ0v) is 23.2. The number of likely N-dealkylation sites (tertiary alicyclic amines) is 1. The Morgan fingerprint density at radius 2 is 1.90 bits per heavy atom. The Morgan fingerprint density at radius 1 is 1.05 bits per heavy atom. The first-order valence-corrected chi connectivity index (χ1v) is 13.9. The first kappa shape index (κ1) is 27.1. The lowest BCUT2D eigenvalue weighted by Gasteiger charge is -2.14. The predicted molar refractivity (Wildman–Crippen MR) is 159 cm³/mol. The Morgan fingerprint density at radius 3 is 2.71 bits per heavy atom. The van der Waals surface area contributed by atoms with Gasteiger partial charge in [-0.05, 0) is 54.1 Å². The van der Waals surface area contributed by atoms with E-state index in [1.54, 1.807) is 13.1 Å². The number of nitrogen functional groups attached to an aromatic ring is 1. The Labute approximate surface area is 242 Å². The van der Waals surface area contributed by atoms with Crippen LogP contribution in [0.15, 0.2) is 72.9 Å². The number of nitrogens with zero attached hydrogens (tertiary/aromatic N) is 4. The van der Waals surface area contributed by atoms with E-state index in [4.69, 9.17) is 20.3 Å². The van der Waals surface area contributed by atoms with Gasteiger partial charge in [0.25, 0.3) is 0 Å². The van der Waals surface area contributed by atoms with Crippen LogP contribution in [0, 0.1) is 0 Å². The van der Waals surface area contributed by atoms with Crippen molar-refractivity contribution < 1.29 is 24.2 Å². The van der Waals surface area contributed by atoms with Crippen LogP contribution in [0.4, 0.5) is 10.6 Å². The molecule has 6 rings (SSSR count). The third kappa shape index (κ3) is 5.18. The third-order valence-corrected chi connectivity index (χ3v) is 7.69. The summed E-state index contributed by atoms with van der Waals surface area (Å²) >= 11 is 0. The largest absolute Gasteiger partial charge is 0.487 e. The Kier molecular flexibility index (Phi) is 7.35. The van der Waals surface area contributed by atoms with Crippen LogP contribution in [0.5, 0.6) is 5.75 Å². The molecule has 1 fully saturated rings. The van der Waals surface area contributed by atoms with E-state index in [-0.39, 0.29) is 25.0 Å². The van der Waals surface area contributed by atoms with Crippen LogP contribution >= 0.6 is 0 Å². The van der Waals surface area contributed by atoms with Crippen molar-refractivity contribution in [2.75, 3.05) is 25.4 Å². The number of nitrogens with two attached hydrogens (primary N) is 1. The van der Waals surface area contributed by atoms with Crippen LogP contribution in [0.2, 0.25) is 0 Å². The SMILES string of the molecule is CCOC(=O)Cc1ccccc1OCc1nn(C2CCN(C(=O)O)C2)c2ccc(-c3cccc4c(N)nccc34)cc12. The van der Waals surface area contributed by atoms with Gasteiger partial charge in [-0.15, -0.1) is 0 Å². The van der Waals surface area contributed by atoms with E-state index in [1.165, 1.54) is 4.90 Å². The van der Waals surface area contributed by atoms with Gasteiger partial charge in [0.2, 0.25) is 0 Å². The summed E-state index contributed by atoms with van der Waals surface area (Å²) in [7, 11) is 0. The van der Waals surface area contributed by atoms with E-state index >= 15 is 0 Å². The monoisotopic (exact) mass is 565 g/mol. The molecule has 1 aliphatic rings. The molecule has 1 atom stereocenters. The summed E-state index contributed by atoms with van der Waals surface area (Å²) in [5.74, 6) is 0.741. The lowest BCUT2D eigenvalue weighted by atomic mass is 9.97. The molecule has 0 spiro atoms. The van der Waals surface area contributed by atoms with E-state index in [9.17, 15) is 14.7 Å². The number of carboxylic acid groups (broad SMARTS) is 1. The second-order valence-corrected chi connectivity index (χ2v) is 10.3. The highest BCUT2D eigenvalue weighted by Crippen LogP contribution is 2.35. The molecule has 3 N–H and O–H groups in total. The van der Waals surface area contributed by atoms with Gasteiger partial charge in [-0.2, -0.15) is 5.10 Å². The Balaban J connectivity index is 1.40. The molecule has 42 heavy (non-hydrogen) atoms. The third-order valence-electron chi connectivity index (χ3n) is 7.69. The maximum atomic E-state index is 12.2. The maximum absolute atomic E-state index is 12.2. The van der Waals surface area contributed by atoms with Crippen LogP contribution < -0.4 is 10.5 Å². The van der Waals surface area contributed by atoms with Gasteiger partial charge >= 0.3 is 12.1 Å². The lowest BCUT2D eigenvalue weighted by Crippen LogP contribution is -2.27. The summed E-state index contributed by atoms with van der Waals surface area (Å²) in [6, 6.07) is 21.4. The number of esters is 1. The molecule has 5 aromatic rings. The molecule has 3 heterocycles. The van der Waals surface area contributed by atoms with Gasteiger partial charge in [0.15, 0.2) is 0 Å². The molecular formula is C32H31N5O5. The Hall–Kier alpha value is -5.12. The minimum atomic E-state index is -0.928. The number of aromatic nitrogens is 3. The highest BCUT2D eigenvalue weighted by Gasteiger charge is 2.29. The first-order valence-electron chi connectivity index (χ1n) is 13.9. The molecule has 2 aromatic heterocycles. The number of fused-ring (bicyclic) bond motifs is 2. The van der Waals surface area contributed by atoms with Crippen molar-refractivity contribution in [1.82, 2.24) is 19.7 Å². The van der Waals surface area contributed by atoms with Gasteiger partial charge in [-0.25, -0.2) is 9.78 Å². The standard InChI is InChI=1S/C32H31N5O5/c1-2-41-30(38)17-21-6-3-4-9-29(21)42-19-27-26-16-20(23-7-5-8-25-24(23)12-14-34-31(25)33)10-11-28(26)37(35-27)22-13-15-36(18-22)32(39)40/h3-12,14,16,22H,2,13,15,17-19H2,1H3,(H2,33,34)(H,39,40). The average molecular weight is 566 g/mol. The quantitative estimate of drug-likeness (QED) is 0.238. The highest BCUT2D eigenvalue weighted by molar-refractivity contribution is 6.02. The van der Waals surface area contributed by atoms with E-state index in [1.807, 2.05) is 53.2 Å². The average Bonchev–Trinajstić information content (AvgIpc) is 3.62. The van der Waals surface area contributed by atoms with Crippen LogP contribution in [-0.4, -0.2) is 56.5 Å². The molecule has 1 amide bonds. The molecule has 1 saturated heterocycles. The number of carbonyl (C=O) groups is 2. The Bertz CT molecular complexity index is 1800. The van der Waals surface area contributed by atoms with Crippen molar-refractivity contribution in [3.05, 3.63) is 84.2 Å². The smallest absolute Gasteiger partial charge is 0.407 e. The second-order valence-electron chi connectivity index (χ2n) is 10.3. The van der Waals surface area contributed by atoms with E-state index in [0.29, 0.717) is 43.4 Å². The topological polar surface area (TPSA) is 133 Å². The number of anilines is 1. The number of benzene rings is 3. The number of ether oxygens (including phenoxy) is 2. The molecule has 0 saturated carbocycles. The highest BCUT2D eigenvalue weighted by atomic mass is 16.5. The van der Waals surface area contributed by atoms with Crippen LogP contribution in [0.1, 0.15) is 30.6 Å². The summed E-state index contributed by atoms with van der Waals surface area (Å²) in [5, 5.41) is 17.3. The molecule has 3 aromatic carbocycles. The molecular weight excluding hydrogens is 534 g/mol. The summed E-state index contributed by atoms with van der Waals surface area (Å²) in [5.41, 5.74) is 10.5. The van der Waals surface area contributed by atoms with Gasteiger partial charge in [-0.1, -0.05) is 42.5 Å². The van der Waals surface area contributed by atoms with Gasteiger partial charge in [0, 0.05) is 35.6 Å². The number of pyridine rings is 1. The molecule has 0 aliphatic carbocycles. The lowest BCUT2D eigenvalue weighted by molar-refractivity contribution is -0.142. The van der Waals surface area contributed by atoms with Crippen molar-refractivity contribution >= 4 is 39.6 Å². The number of rotatable bonds is 8. The van der Waals surface area contributed by atoms with Crippen LogP contribution in [-0.2, 0) is 22.6 Å². The fraction of sp³-hybridized carbons (Fsp3) is 0.250. The summed E-state index contributed by atoms with van der Waals surface area (Å²) in [6.07, 6.45) is 1.56. The van der Waals surface area contributed by atoms with Crippen molar-refractivity contribution in [3.8, 4) is 16.9 Å². The van der Waals surface area contributed by atoms with Gasteiger partial charge < -0.3 is 25.2 Å². The van der Waals surface area contributed by atoms with Gasteiger partial charge in [-0.3, -0.25) is 9.48 Å². The van der Waals surface area contributed by atoms with Gasteiger partial charge in [0.1, 0.15) is 23.9 Å². The van der Waals surface area contributed by atoms with E-state index < -0.39 is 6.09 Å². The summed E-state index contributed by atoms with van der Waals surface area (Å²) in [4.78, 5) is 29.4. The zero-order chi connectivity index (χ0) is 29.2. The fourth-order valence-electron chi connectivity index (χ4n) is 5.66. The summed E-state index contributed by atoms with van der Waals surface area (Å²) in [6.45, 7) is 3.08. The zero-order valence-electron chi connectivity index (χ0n) is 23.2. The minimum absolute atomic E-state index is 0.0947. The fourth-order valence-corrected chi connectivity index (χ4v) is 5.66. The molecule has 10 heteroatoms. The van der Waals surface area contributed by atoms with Crippen molar-refractivity contribution in [3.63, 3.8) is 0 Å². The second kappa shape index (κ2) is 11.4. The number of amides is 1. The number of carbonyl (C=O) groups excluding carboxylic acids is 1. The first-order chi connectivity index (χ1) is 20.4. The van der Waals surface area contributed by atoms with Gasteiger partial charge in [0.05, 0.1) is 24.6 Å². The normalized spacial score (nSPS) is 14.9. The number of hydrogen-bond acceptors (Lipinski definition) is 7. The van der Waals surface area contributed by atoms with Crippen molar-refractivity contribution in [2.45, 2.75) is 32.4 Å². The molecule has 10 nitrogen and oxygen atoms in total. The predicted octanol–water partition coefficient (Wildman–Crippen LogP) is 5.44. The van der Waals surface area contributed by atoms with E-state index in [2.05, 4.69) is 23.2 Å². The number of para-hydroxylation sites is 1. The summed E-state index contributed by atoms with van der Waals surface area (Å²) < 4.78 is 13.3. The molecule has 1 aliphatic heterocycles. The molecule has 0 bridgehead atoms. The number of hydrogen-bond donors (Lipinski definition) is 2. The maximum Gasteiger partial charge on any atom is 0.407 e. The van der Waals surface area contributed by atoms with Crippen LogP contribution in [0.25, 0.3) is 32.8 Å². The van der Waals surface area contributed by atoms with E-state index in [0.717, 1.165) is 38.4 Å². The minimum Gasteiger partial charge on any atom is -0.487 e. The van der Waals surface area contributed by atoms with Crippen molar-refractivity contribution in [2.24, 2.45) is 0 Å². The molecule has 1 unspecified atom stereocenters. The molecule has 0 radical (unpaired) electrons. The molecule has 214 valence electrons. The van der Waals surface area contributed by atoms with Crippen molar-refractivity contribution in [1.29, 1.82) is 0 Å².